The normalized spacial score (nSPS) is 10.9. The largest absolute Gasteiger partial charge is 0.461 e. The number of nitrogens with one attached hydrogen (secondary N) is 1. The molecular formula is C38H31NO4. The third-order valence-electron chi connectivity index (χ3n) is 7.46. The second-order valence-electron chi connectivity index (χ2n) is 10.0. The summed E-state index contributed by atoms with van der Waals surface area (Å²) in [5.74, 6) is -1.07. The zero-order valence-corrected chi connectivity index (χ0v) is 24.1. The van der Waals surface area contributed by atoms with Gasteiger partial charge in [0.05, 0.1) is 13.2 Å². The Morgan fingerprint density at radius 2 is 0.744 bits per heavy atom. The van der Waals surface area contributed by atoms with Crippen molar-refractivity contribution in [3.05, 3.63) is 133 Å². The molecule has 0 fully saturated rings. The van der Waals surface area contributed by atoms with Crippen LogP contribution in [-0.4, -0.2) is 30.1 Å². The first-order valence-electron chi connectivity index (χ1n) is 14.5. The number of carbonyl (C=O) groups excluding carboxylic acids is 2. The van der Waals surface area contributed by atoms with Crippen LogP contribution in [0.25, 0.3) is 55.3 Å². The van der Waals surface area contributed by atoms with Crippen molar-refractivity contribution in [2.24, 2.45) is 0 Å². The van der Waals surface area contributed by atoms with Crippen LogP contribution in [0.4, 0.5) is 0 Å². The van der Waals surface area contributed by atoms with Crippen LogP contribution in [0.5, 0.6) is 0 Å². The van der Waals surface area contributed by atoms with Crippen molar-refractivity contribution >= 4 is 22.7 Å². The van der Waals surface area contributed by atoms with Crippen LogP contribution in [-0.2, 0) is 9.47 Å². The standard InChI is InChI=1S/C38H31NO4/c1-3-42-37(40)35-33-31(27-21-13-7-14-22-27)29(25-17-9-5-10-18-25)30(26-19-11-6-12-20-26)32(28-23-15-8-16-24-28)34(33)36(39-35)38(41)43-4-2/h5-24,39H,3-4H2,1-2H3. The highest BCUT2D eigenvalue weighted by Gasteiger charge is 2.32. The molecule has 212 valence electrons. The second kappa shape index (κ2) is 12.2. The maximum Gasteiger partial charge on any atom is 0.355 e. The van der Waals surface area contributed by atoms with Gasteiger partial charge in [-0.1, -0.05) is 121 Å². The number of rotatable bonds is 8. The molecule has 0 bridgehead atoms. The van der Waals surface area contributed by atoms with E-state index in [1.165, 1.54) is 0 Å². The van der Waals surface area contributed by atoms with Crippen molar-refractivity contribution in [1.82, 2.24) is 4.98 Å². The van der Waals surface area contributed by atoms with Crippen molar-refractivity contribution in [2.45, 2.75) is 13.8 Å². The maximum absolute atomic E-state index is 13.7. The fourth-order valence-electron chi connectivity index (χ4n) is 5.79. The van der Waals surface area contributed by atoms with Crippen LogP contribution in [0.1, 0.15) is 34.8 Å². The fraction of sp³-hybridized carbons (Fsp3) is 0.105. The maximum atomic E-state index is 13.7. The summed E-state index contributed by atoms with van der Waals surface area (Å²) in [5, 5.41) is 1.23. The van der Waals surface area contributed by atoms with Crippen molar-refractivity contribution in [3.8, 4) is 44.5 Å². The molecule has 0 radical (unpaired) electrons. The first-order chi connectivity index (χ1) is 21.1. The average molecular weight is 566 g/mol. The van der Waals surface area contributed by atoms with E-state index in [0.29, 0.717) is 10.8 Å². The van der Waals surface area contributed by atoms with E-state index in [2.05, 4.69) is 29.2 Å². The molecule has 0 saturated heterocycles. The van der Waals surface area contributed by atoms with Crippen molar-refractivity contribution in [2.75, 3.05) is 13.2 Å². The molecule has 6 rings (SSSR count). The van der Waals surface area contributed by atoms with Gasteiger partial charge < -0.3 is 14.5 Å². The summed E-state index contributed by atoms with van der Waals surface area (Å²) >= 11 is 0. The summed E-state index contributed by atoms with van der Waals surface area (Å²) in [4.78, 5) is 30.5. The summed E-state index contributed by atoms with van der Waals surface area (Å²) in [6.07, 6.45) is 0. The molecule has 0 atom stereocenters. The minimum Gasteiger partial charge on any atom is -0.461 e. The molecule has 0 aliphatic carbocycles. The summed E-state index contributed by atoms with van der Waals surface area (Å²) in [7, 11) is 0. The number of aromatic amines is 1. The Labute approximate surface area is 250 Å². The lowest BCUT2D eigenvalue weighted by Crippen LogP contribution is -2.08. The van der Waals surface area contributed by atoms with Crippen LogP contribution in [0.2, 0.25) is 0 Å². The van der Waals surface area contributed by atoms with E-state index in [4.69, 9.17) is 9.47 Å². The average Bonchev–Trinajstić information content (AvgIpc) is 3.46. The fourth-order valence-corrected chi connectivity index (χ4v) is 5.79. The van der Waals surface area contributed by atoms with Crippen LogP contribution in [0.15, 0.2) is 121 Å². The highest BCUT2D eigenvalue weighted by molar-refractivity contribution is 6.26. The number of hydrogen-bond acceptors (Lipinski definition) is 4. The number of hydrogen-bond donors (Lipinski definition) is 1. The van der Waals surface area contributed by atoms with Gasteiger partial charge in [-0.2, -0.15) is 0 Å². The van der Waals surface area contributed by atoms with E-state index in [-0.39, 0.29) is 24.6 Å². The Balaban J connectivity index is 1.96. The zero-order chi connectivity index (χ0) is 29.8. The number of aromatic nitrogens is 1. The number of fused-ring (bicyclic) bond motifs is 1. The lowest BCUT2D eigenvalue weighted by molar-refractivity contribution is 0.0518. The molecule has 1 heterocycles. The van der Waals surface area contributed by atoms with Crippen molar-refractivity contribution in [1.29, 1.82) is 0 Å². The first kappa shape index (κ1) is 27.7. The predicted octanol–water partition coefficient (Wildman–Crippen LogP) is 9.19. The van der Waals surface area contributed by atoms with Gasteiger partial charge in [-0.25, -0.2) is 9.59 Å². The Morgan fingerprint density at radius 1 is 0.465 bits per heavy atom. The molecule has 0 unspecified atom stereocenters. The molecule has 6 aromatic rings. The van der Waals surface area contributed by atoms with E-state index in [1.54, 1.807) is 13.8 Å². The minimum absolute atomic E-state index is 0.188. The van der Waals surface area contributed by atoms with Crippen molar-refractivity contribution < 1.29 is 19.1 Å². The minimum atomic E-state index is -0.536. The lowest BCUT2D eigenvalue weighted by Gasteiger charge is -2.23. The predicted molar refractivity (Wildman–Crippen MR) is 172 cm³/mol. The van der Waals surface area contributed by atoms with Crippen molar-refractivity contribution in [3.63, 3.8) is 0 Å². The second-order valence-corrected chi connectivity index (χ2v) is 10.0. The van der Waals surface area contributed by atoms with Gasteiger partial charge in [-0.15, -0.1) is 0 Å². The van der Waals surface area contributed by atoms with E-state index < -0.39 is 11.9 Å². The number of ether oxygens (including phenoxy) is 2. The summed E-state index contributed by atoms with van der Waals surface area (Å²) in [5.41, 5.74) is 7.76. The number of H-pyrrole nitrogens is 1. The highest BCUT2D eigenvalue weighted by atomic mass is 16.5. The van der Waals surface area contributed by atoms with Gasteiger partial charge in [0.1, 0.15) is 11.4 Å². The highest BCUT2D eigenvalue weighted by Crippen LogP contribution is 2.52. The molecule has 5 aromatic carbocycles. The van der Waals surface area contributed by atoms with Gasteiger partial charge in [-0.05, 0) is 47.2 Å². The summed E-state index contributed by atoms with van der Waals surface area (Å²) < 4.78 is 11.1. The lowest BCUT2D eigenvalue weighted by atomic mass is 9.79. The molecule has 0 aliphatic rings. The van der Waals surface area contributed by atoms with E-state index in [9.17, 15) is 9.59 Å². The molecule has 5 heteroatoms. The van der Waals surface area contributed by atoms with Gasteiger partial charge in [0, 0.05) is 21.9 Å². The molecular weight excluding hydrogens is 534 g/mol. The number of carbonyl (C=O) groups is 2. The Bertz CT molecular complexity index is 1760. The van der Waals surface area contributed by atoms with Crippen LogP contribution in [0, 0.1) is 0 Å². The van der Waals surface area contributed by atoms with Gasteiger partial charge in [0.15, 0.2) is 0 Å². The molecule has 0 aliphatic heterocycles. The van der Waals surface area contributed by atoms with Gasteiger partial charge in [0.2, 0.25) is 0 Å². The van der Waals surface area contributed by atoms with E-state index >= 15 is 0 Å². The number of benzene rings is 5. The van der Waals surface area contributed by atoms with Crippen LogP contribution >= 0.6 is 0 Å². The molecule has 0 amide bonds. The SMILES string of the molecule is CCOC(=O)c1[nH]c(C(=O)OCC)c2c(-c3ccccc3)c(-c3ccccc3)c(-c3ccccc3)c(-c3ccccc3)c12. The Morgan fingerprint density at radius 3 is 1.02 bits per heavy atom. The Kier molecular flexibility index (Phi) is 7.88. The summed E-state index contributed by atoms with van der Waals surface area (Å²) in [6, 6.07) is 40.3. The molecule has 5 nitrogen and oxygen atoms in total. The molecule has 1 N–H and O–H groups in total. The van der Waals surface area contributed by atoms with Gasteiger partial charge in [0.25, 0.3) is 0 Å². The smallest absolute Gasteiger partial charge is 0.355 e. The monoisotopic (exact) mass is 565 g/mol. The first-order valence-corrected chi connectivity index (χ1v) is 14.5. The number of esters is 2. The third-order valence-corrected chi connectivity index (χ3v) is 7.46. The molecule has 0 spiro atoms. The molecule has 1 aromatic heterocycles. The topological polar surface area (TPSA) is 68.4 Å². The molecule has 0 saturated carbocycles. The quantitative estimate of drug-likeness (QED) is 0.187. The van der Waals surface area contributed by atoms with Crippen LogP contribution < -0.4 is 0 Å². The van der Waals surface area contributed by atoms with Gasteiger partial charge in [-0.3, -0.25) is 0 Å². The zero-order valence-electron chi connectivity index (χ0n) is 24.1. The molecule has 43 heavy (non-hydrogen) atoms. The summed E-state index contributed by atoms with van der Waals surface area (Å²) in [6.45, 7) is 3.92. The van der Waals surface area contributed by atoms with E-state index in [0.717, 1.165) is 44.5 Å². The van der Waals surface area contributed by atoms with Crippen LogP contribution in [0.3, 0.4) is 0 Å². The van der Waals surface area contributed by atoms with Gasteiger partial charge >= 0.3 is 11.9 Å². The Hall–Kier alpha value is -5.42. The van der Waals surface area contributed by atoms with E-state index in [1.807, 2.05) is 97.1 Å². The third kappa shape index (κ3) is 5.10.